The van der Waals surface area contributed by atoms with E-state index in [1.54, 1.807) is 0 Å². The molecule has 1 N–H and O–H groups in total. The predicted molar refractivity (Wildman–Crippen MR) is 147 cm³/mol. The summed E-state index contributed by atoms with van der Waals surface area (Å²) in [4.78, 5) is 27.2. The molecule has 1 aliphatic carbocycles. The van der Waals surface area contributed by atoms with Gasteiger partial charge in [0.1, 0.15) is 0 Å². The van der Waals surface area contributed by atoms with Gasteiger partial charge in [0.2, 0.25) is 5.91 Å². The van der Waals surface area contributed by atoms with Crippen LogP contribution in [0.4, 0.5) is 0 Å². The summed E-state index contributed by atoms with van der Waals surface area (Å²) in [6.45, 7) is 22.5. The third-order valence-electron chi connectivity index (χ3n) is 8.10. The van der Waals surface area contributed by atoms with Gasteiger partial charge in [-0.15, -0.1) is 11.6 Å². The van der Waals surface area contributed by atoms with Gasteiger partial charge in [-0.1, -0.05) is 66.3 Å². The molecule has 2 fully saturated rings. The van der Waals surface area contributed by atoms with Gasteiger partial charge in [-0.05, 0) is 54.9 Å². The maximum atomic E-state index is 14.0. The fourth-order valence-corrected chi connectivity index (χ4v) is 7.08. The molecule has 1 amide bonds. The van der Waals surface area contributed by atoms with E-state index >= 15 is 0 Å². The zero-order valence-electron chi connectivity index (χ0n) is 22.8. The van der Waals surface area contributed by atoms with Gasteiger partial charge in [0, 0.05) is 14.0 Å². The average Bonchev–Trinajstić information content (AvgIpc) is 2.97. The molecule has 0 radical (unpaired) electrons. The largest absolute Gasteiger partial charge is 0.464 e. The van der Waals surface area contributed by atoms with E-state index in [2.05, 4.69) is 65.4 Å². The van der Waals surface area contributed by atoms with Crippen LogP contribution in [0, 0.1) is 11.8 Å². The molecule has 1 saturated carbocycles. The Labute approximate surface area is 214 Å². The van der Waals surface area contributed by atoms with Gasteiger partial charge >= 0.3 is 5.97 Å². The smallest absolute Gasteiger partial charge is 0.338 e. The molecule has 3 atom stereocenters. The first-order valence-corrected chi connectivity index (χ1v) is 20.1. The van der Waals surface area contributed by atoms with E-state index in [0.717, 1.165) is 31.7 Å². The highest BCUT2D eigenvalue weighted by Gasteiger charge is 2.62. The highest BCUT2D eigenvalue weighted by atomic mass is 35.5. The fourth-order valence-electron chi connectivity index (χ4n) is 4.79. The molecule has 196 valence electrons. The highest BCUT2D eigenvalue weighted by molar-refractivity contribution is 6.76. The molecule has 0 bridgehead atoms. The van der Waals surface area contributed by atoms with Crippen LogP contribution in [-0.2, 0) is 18.8 Å². The predicted octanol–water partition coefficient (Wildman–Crippen LogP) is 6.51. The number of hydrogen-bond acceptors (Lipinski definition) is 4. The summed E-state index contributed by atoms with van der Waals surface area (Å²) in [6.07, 6.45) is 5.33. The first-order chi connectivity index (χ1) is 15.6. The molecular formula is C26H48ClNO4Si2. The third kappa shape index (κ3) is 6.57. The van der Waals surface area contributed by atoms with Gasteiger partial charge in [0.15, 0.2) is 13.9 Å². The van der Waals surface area contributed by atoms with E-state index in [9.17, 15) is 9.59 Å². The summed E-state index contributed by atoms with van der Waals surface area (Å²) in [5.41, 5.74) is -0.782. The number of amides is 1. The Hall–Kier alpha value is -0.636. The van der Waals surface area contributed by atoms with E-state index in [0.29, 0.717) is 24.5 Å². The number of nitrogens with one attached hydrogen (secondary N) is 1. The summed E-state index contributed by atoms with van der Waals surface area (Å²) in [6, 6.07) is 0.873. The van der Waals surface area contributed by atoms with Crippen LogP contribution in [0.15, 0.2) is 12.2 Å². The zero-order valence-corrected chi connectivity index (χ0v) is 25.6. The van der Waals surface area contributed by atoms with Crippen molar-refractivity contribution < 1.29 is 18.8 Å². The lowest BCUT2D eigenvalue weighted by molar-refractivity contribution is -0.156. The molecule has 8 heteroatoms. The van der Waals surface area contributed by atoms with Crippen LogP contribution in [0.3, 0.4) is 0 Å². The van der Waals surface area contributed by atoms with Crippen LogP contribution in [-0.4, -0.2) is 52.4 Å². The van der Waals surface area contributed by atoms with Crippen molar-refractivity contribution in [3.8, 4) is 0 Å². The molecule has 0 unspecified atom stereocenters. The van der Waals surface area contributed by atoms with E-state index in [1.807, 2.05) is 0 Å². The number of halogens is 1. The van der Waals surface area contributed by atoms with Crippen molar-refractivity contribution in [2.75, 3.05) is 12.5 Å². The van der Waals surface area contributed by atoms with Crippen molar-refractivity contribution >= 4 is 39.9 Å². The number of ether oxygens (including phenoxy) is 1. The van der Waals surface area contributed by atoms with E-state index in [4.69, 9.17) is 20.8 Å². The van der Waals surface area contributed by atoms with Crippen LogP contribution in [0.1, 0.15) is 59.3 Å². The molecule has 0 aromatic heterocycles. The maximum absolute atomic E-state index is 14.0. The third-order valence-corrected chi connectivity index (χ3v) is 14.5. The van der Waals surface area contributed by atoms with Gasteiger partial charge in [0.05, 0.1) is 18.6 Å². The van der Waals surface area contributed by atoms with E-state index in [1.165, 1.54) is 6.42 Å². The van der Waals surface area contributed by atoms with Crippen LogP contribution >= 0.6 is 11.6 Å². The lowest BCUT2D eigenvalue weighted by atomic mass is 9.73. The highest BCUT2D eigenvalue weighted by Crippen LogP contribution is 2.47. The quantitative estimate of drug-likeness (QED) is 0.152. The minimum atomic E-state index is -2.29. The van der Waals surface area contributed by atoms with Crippen LogP contribution < -0.4 is 5.32 Å². The van der Waals surface area contributed by atoms with Crippen LogP contribution in [0.5, 0.6) is 0 Å². The van der Waals surface area contributed by atoms with E-state index < -0.39 is 39.9 Å². The summed E-state index contributed by atoms with van der Waals surface area (Å²) in [7, 11) is -3.68. The fraction of sp³-hybridized carbons (Fsp3) is 0.846. The Morgan fingerprint density at radius 2 is 1.76 bits per heavy atom. The van der Waals surface area contributed by atoms with Crippen molar-refractivity contribution in [3.05, 3.63) is 12.2 Å². The second kappa shape index (κ2) is 11.2. The molecule has 2 aliphatic rings. The molecule has 5 nitrogen and oxygen atoms in total. The van der Waals surface area contributed by atoms with Crippen molar-refractivity contribution in [1.29, 1.82) is 0 Å². The van der Waals surface area contributed by atoms with Crippen molar-refractivity contribution in [2.24, 2.45) is 11.8 Å². The standard InChI is InChI=1S/C26H48ClNO4Si2/c1-19-21(15-16-27)23(29)28-26(19,24(30)31-17-18-33(5,6)7)22(20-13-11-10-12-14-20)32-34(8,9)25(2,3)4/h20-22H,1,10-18H2,2-9H3,(H,28,29)/t21-,22+,26+/m1/s1. The van der Waals surface area contributed by atoms with Gasteiger partial charge in [-0.2, -0.15) is 0 Å². The number of hydrogen-bond donors (Lipinski definition) is 1. The first-order valence-electron chi connectivity index (χ1n) is 13.0. The number of alkyl halides is 1. The Morgan fingerprint density at radius 3 is 2.26 bits per heavy atom. The first kappa shape index (κ1) is 29.6. The monoisotopic (exact) mass is 529 g/mol. The van der Waals surface area contributed by atoms with E-state index in [-0.39, 0.29) is 16.9 Å². The number of rotatable bonds is 10. The second-order valence-corrected chi connectivity index (χ2v) is 23.8. The normalized spacial score (nSPS) is 25.9. The van der Waals surface area contributed by atoms with Crippen molar-refractivity contribution in [1.82, 2.24) is 5.32 Å². The Bertz CT molecular complexity index is 753. The summed E-state index contributed by atoms with van der Waals surface area (Å²) < 4.78 is 13.0. The summed E-state index contributed by atoms with van der Waals surface area (Å²) >= 11 is 6.06. The Balaban J connectivity index is 2.55. The minimum absolute atomic E-state index is 0.0394. The number of esters is 1. The molecular weight excluding hydrogens is 482 g/mol. The summed E-state index contributed by atoms with van der Waals surface area (Å²) in [5.74, 6) is -0.604. The van der Waals surface area contributed by atoms with Crippen LogP contribution in [0.25, 0.3) is 0 Å². The van der Waals surface area contributed by atoms with Gasteiger partial charge in [0.25, 0.3) is 0 Å². The number of carbonyl (C=O) groups excluding carboxylic acids is 2. The molecule has 1 aliphatic heterocycles. The molecule has 2 rings (SSSR count). The number of carbonyl (C=O) groups is 2. The SMILES string of the molecule is C=C1[C@@H](CCCl)C(=O)N[C@]1(C(=O)OCC[Si](C)(C)C)[C@@H](O[Si](C)(C)C(C)(C)C)C1CCCCC1. The molecule has 0 spiro atoms. The lowest BCUT2D eigenvalue weighted by Gasteiger charge is -2.48. The topological polar surface area (TPSA) is 64.6 Å². The molecule has 0 aromatic carbocycles. The van der Waals surface area contributed by atoms with Crippen LogP contribution in [0.2, 0.25) is 43.8 Å². The Kier molecular flexibility index (Phi) is 9.73. The molecule has 34 heavy (non-hydrogen) atoms. The average molecular weight is 530 g/mol. The van der Waals surface area contributed by atoms with Crippen molar-refractivity contribution in [3.63, 3.8) is 0 Å². The lowest BCUT2D eigenvalue weighted by Crippen LogP contribution is -2.65. The van der Waals surface area contributed by atoms with Gasteiger partial charge in [-0.25, -0.2) is 4.79 Å². The Morgan fingerprint density at radius 1 is 1.18 bits per heavy atom. The molecule has 1 heterocycles. The molecule has 1 saturated heterocycles. The summed E-state index contributed by atoms with van der Waals surface area (Å²) in [5, 5.41) is 3.07. The minimum Gasteiger partial charge on any atom is -0.464 e. The van der Waals surface area contributed by atoms with Crippen molar-refractivity contribution in [2.45, 2.75) is 115 Å². The van der Waals surface area contributed by atoms with Gasteiger partial charge in [-0.3, -0.25) is 4.79 Å². The maximum Gasteiger partial charge on any atom is 0.338 e. The zero-order chi connectivity index (χ0) is 25.9. The molecule has 0 aromatic rings. The second-order valence-electron chi connectivity index (χ2n) is 13.0. The van der Waals surface area contributed by atoms with Gasteiger partial charge < -0.3 is 14.5 Å².